The van der Waals surface area contributed by atoms with Gasteiger partial charge in [0, 0.05) is 11.4 Å². The predicted octanol–water partition coefficient (Wildman–Crippen LogP) is 1.92. The Kier molecular flexibility index (Phi) is 6.01. The number of halogens is 1. The van der Waals surface area contributed by atoms with Crippen molar-refractivity contribution in [3.63, 3.8) is 0 Å². The Balaban J connectivity index is 1.85. The summed E-state index contributed by atoms with van der Waals surface area (Å²) in [5.41, 5.74) is 0.942. The average molecular weight is 424 g/mol. The summed E-state index contributed by atoms with van der Waals surface area (Å²) in [6.45, 7) is -0.311. The fourth-order valence-electron chi connectivity index (χ4n) is 2.58. The van der Waals surface area contributed by atoms with E-state index in [4.69, 9.17) is 0 Å². The molecule has 3 rings (SSSR count). The van der Waals surface area contributed by atoms with Crippen LogP contribution in [0.5, 0.6) is 0 Å². The van der Waals surface area contributed by atoms with Gasteiger partial charge in [-0.15, -0.1) is 11.8 Å². The summed E-state index contributed by atoms with van der Waals surface area (Å²) in [4.78, 5) is 25.7. The molecule has 1 aliphatic heterocycles. The highest BCUT2D eigenvalue weighted by Gasteiger charge is 2.28. The van der Waals surface area contributed by atoms with E-state index in [0.29, 0.717) is 16.1 Å². The topological polar surface area (TPSA) is 92.8 Å². The van der Waals surface area contributed by atoms with E-state index in [1.54, 1.807) is 6.07 Å². The lowest BCUT2D eigenvalue weighted by atomic mass is 10.2. The van der Waals surface area contributed by atoms with Gasteiger partial charge in [-0.05, 0) is 35.9 Å². The Morgan fingerprint density at radius 1 is 1.25 bits per heavy atom. The number of esters is 1. The Labute approximate surface area is 165 Å². The number of fused-ring (bicyclic) bond motifs is 1. The number of nitrogens with zero attached hydrogens (tertiary/aromatic N) is 1. The van der Waals surface area contributed by atoms with Crippen LogP contribution in [0.15, 0.2) is 52.3 Å². The van der Waals surface area contributed by atoms with Crippen molar-refractivity contribution in [2.45, 2.75) is 16.3 Å². The van der Waals surface area contributed by atoms with Crippen molar-refractivity contribution in [1.82, 2.24) is 4.72 Å². The molecule has 0 spiro atoms. The fraction of sp³-hybridized carbons (Fsp3) is 0.222. The third kappa shape index (κ3) is 4.51. The van der Waals surface area contributed by atoms with Gasteiger partial charge in [0.05, 0.1) is 23.4 Å². The van der Waals surface area contributed by atoms with Gasteiger partial charge in [0.25, 0.3) is 0 Å². The monoisotopic (exact) mass is 424 g/mol. The number of hydrogen-bond donors (Lipinski definition) is 1. The molecule has 10 heteroatoms. The molecular weight excluding hydrogens is 407 g/mol. The molecule has 1 heterocycles. The summed E-state index contributed by atoms with van der Waals surface area (Å²) in [6, 6.07) is 9.85. The van der Waals surface area contributed by atoms with Crippen LogP contribution in [0.3, 0.4) is 0 Å². The van der Waals surface area contributed by atoms with E-state index in [1.807, 2.05) is 0 Å². The van der Waals surface area contributed by atoms with Crippen LogP contribution in [0.1, 0.15) is 5.56 Å². The average Bonchev–Trinajstić information content (AvgIpc) is 2.69. The number of hydrogen-bond acceptors (Lipinski definition) is 6. The number of rotatable bonds is 6. The molecule has 0 bridgehead atoms. The van der Waals surface area contributed by atoms with Crippen LogP contribution in [0.4, 0.5) is 10.1 Å². The third-order valence-corrected chi connectivity index (χ3v) is 6.52. The molecule has 1 N–H and O–H groups in total. The van der Waals surface area contributed by atoms with Gasteiger partial charge in [-0.25, -0.2) is 17.5 Å². The summed E-state index contributed by atoms with van der Waals surface area (Å²) in [5.74, 6) is -1.17. The first kappa shape index (κ1) is 20.3. The number of thioether (sulfide) groups is 1. The van der Waals surface area contributed by atoms with Gasteiger partial charge in [-0.1, -0.05) is 12.1 Å². The first-order chi connectivity index (χ1) is 13.3. The van der Waals surface area contributed by atoms with Gasteiger partial charge >= 0.3 is 5.97 Å². The van der Waals surface area contributed by atoms with E-state index in [9.17, 15) is 22.4 Å². The van der Waals surface area contributed by atoms with Gasteiger partial charge < -0.3 is 4.74 Å². The van der Waals surface area contributed by atoms with Crippen molar-refractivity contribution in [2.24, 2.45) is 0 Å². The molecule has 0 fully saturated rings. The smallest absolute Gasteiger partial charge is 0.325 e. The van der Waals surface area contributed by atoms with E-state index in [1.165, 1.54) is 60.2 Å². The second kappa shape index (κ2) is 8.29. The molecule has 2 aromatic rings. The standard InChI is InChI=1S/C18H17FN2O5S2/c1-26-18(23)10-21-15-8-14(6-7-16(15)27-11-17(21)22)28(24,25)20-9-12-2-4-13(19)5-3-12/h2-8,20H,9-11H2,1H3. The van der Waals surface area contributed by atoms with Crippen LogP contribution in [-0.2, 0) is 30.9 Å². The van der Waals surface area contributed by atoms with Gasteiger partial charge in [-0.3, -0.25) is 14.5 Å². The molecule has 1 aliphatic rings. The van der Waals surface area contributed by atoms with E-state index in [2.05, 4.69) is 9.46 Å². The van der Waals surface area contributed by atoms with Crippen molar-refractivity contribution in [3.8, 4) is 0 Å². The molecule has 7 nitrogen and oxygen atoms in total. The first-order valence-corrected chi connectivity index (χ1v) is 10.6. The fourth-order valence-corrected chi connectivity index (χ4v) is 4.53. The lowest BCUT2D eigenvalue weighted by molar-refractivity contribution is -0.139. The summed E-state index contributed by atoms with van der Waals surface area (Å²) < 4.78 is 45.3. The molecule has 0 unspecified atom stereocenters. The van der Waals surface area contributed by atoms with Crippen LogP contribution in [0, 0.1) is 5.82 Å². The molecule has 1 amide bonds. The summed E-state index contributed by atoms with van der Waals surface area (Å²) >= 11 is 1.27. The second-order valence-electron chi connectivity index (χ2n) is 5.93. The minimum absolute atomic E-state index is 0.0146. The summed E-state index contributed by atoms with van der Waals surface area (Å²) in [5, 5.41) is 0. The highest BCUT2D eigenvalue weighted by molar-refractivity contribution is 8.00. The maximum Gasteiger partial charge on any atom is 0.325 e. The number of nitrogens with one attached hydrogen (secondary N) is 1. The molecular formula is C18H17FN2O5S2. The number of sulfonamides is 1. The van der Waals surface area contributed by atoms with Crippen LogP contribution in [-0.4, -0.2) is 39.7 Å². The van der Waals surface area contributed by atoms with Crippen molar-refractivity contribution in [3.05, 3.63) is 53.8 Å². The number of ether oxygens (including phenoxy) is 1. The highest BCUT2D eigenvalue weighted by atomic mass is 32.2. The minimum atomic E-state index is -3.88. The lowest BCUT2D eigenvalue weighted by Crippen LogP contribution is -2.39. The summed E-state index contributed by atoms with van der Waals surface area (Å²) in [7, 11) is -2.67. The van der Waals surface area contributed by atoms with E-state index in [-0.39, 0.29) is 29.6 Å². The number of carbonyl (C=O) groups excluding carboxylic acids is 2. The van der Waals surface area contributed by atoms with Crippen molar-refractivity contribution in [1.29, 1.82) is 0 Å². The number of amides is 1. The largest absolute Gasteiger partial charge is 0.468 e. The zero-order chi connectivity index (χ0) is 20.3. The number of anilines is 1. The maximum atomic E-state index is 13.0. The normalized spacial score (nSPS) is 13.9. The molecule has 0 saturated carbocycles. The lowest BCUT2D eigenvalue weighted by Gasteiger charge is -2.28. The number of methoxy groups -OCH3 is 1. The second-order valence-corrected chi connectivity index (χ2v) is 8.71. The Bertz CT molecular complexity index is 1010. The molecule has 2 aromatic carbocycles. The van der Waals surface area contributed by atoms with Crippen molar-refractivity contribution >= 4 is 39.3 Å². The Hall–Kier alpha value is -2.43. The zero-order valence-electron chi connectivity index (χ0n) is 14.8. The van der Waals surface area contributed by atoms with E-state index >= 15 is 0 Å². The van der Waals surface area contributed by atoms with Crippen molar-refractivity contribution in [2.75, 3.05) is 24.3 Å². The molecule has 0 aromatic heterocycles. The molecule has 0 radical (unpaired) electrons. The Morgan fingerprint density at radius 3 is 2.64 bits per heavy atom. The van der Waals surface area contributed by atoms with Gasteiger partial charge in [0.15, 0.2) is 0 Å². The van der Waals surface area contributed by atoms with Crippen LogP contribution < -0.4 is 9.62 Å². The number of carbonyl (C=O) groups is 2. The molecule has 0 aliphatic carbocycles. The van der Waals surface area contributed by atoms with Crippen molar-refractivity contribution < 1.29 is 27.1 Å². The Morgan fingerprint density at radius 2 is 1.96 bits per heavy atom. The zero-order valence-corrected chi connectivity index (χ0v) is 16.5. The predicted molar refractivity (Wildman–Crippen MR) is 102 cm³/mol. The molecule has 148 valence electrons. The highest BCUT2D eigenvalue weighted by Crippen LogP contribution is 2.36. The molecule has 0 saturated heterocycles. The first-order valence-electron chi connectivity index (χ1n) is 8.18. The SMILES string of the molecule is COC(=O)CN1C(=O)CSc2ccc(S(=O)(=O)NCc3ccc(F)cc3)cc21. The van der Waals surface area contributed by atoms with Gasteiger partial charge in [0.2, 0.25) is 15.9 Å². The van der Waals surface area contributed by atoms with E-state index in [0.717, 1.165) is 0 Å². The van der Waals surface area contributed by atoms with Gasteiger partial charge in [0.1, 0.15) is 12.4 Å². The quantitative estimate of drug-likeness (QED) is 0.713. The minimum Gasteiger partial charge on any atom is -0.468 e. The molecule has 28 heavy (non-hydrogen) atoms. The number of benzene rings is 2. The van der Waals surface area contributed by atoms with Gasteiger partial charge in [-0.2, -0.15) is 0 Å². The van der Waals surface area contributed by atoms with Crippen LogP contribution >= 0.6 is 11.8 Å². The molecule has 0 atom stereocenters. The van der Waals surface area contributed by atoms with Crippen LogP contribution in [0.25, 0.3) is 0 Å². The maximum absolute atomic E-state index is 13.0. The third-order valence-electron chi connectivity index (χ3n) is 4.08. The van der Waals surface area contributed by atoms with E-state index < -0.39 is 21.8 Å². The summed E-state index contributed by atoms with van der Waals surface area (Å²) in [6.07, 6.45) is 0. The van der Waals surface area contributed by atoms with Crippen LogP contribution in [0.2, 0.25) is 0 Å².